The van der Waals surface area contributed by atoms with Crippen LogP contribution in [0.25, 0.3) is 0 Å². The molecule has 0 unspecified atom stereocenters. The molecule has 0 atom stereocenters. The second kappa shape index (κ2) is 5.75. The summed E-state index contributed by atoms with van der Waals surface area (Å²) in [5.41, 5.74) is 0. The van der Waals surface area contributed by atoms with Crippen LogP contribution in [-0.2, 0) is 13.0 Å². The summed E-state index contributed by atoms with van der Waals surface area (Å²) >= 11 is 1.48. The van der Waals surface area contributed by atoms with E-state index in [2.05, 4.69) is 18.6 Å². The van der Waals surface area contributed by atoms with E-state index in [9.17, 15) is 0 Å². The van der Waals surface area contributed by atoms with Crippen molar-refractivity contribution in [3.8, 4) is 0 Å². The van der Waals surface area contributed by atoms with Crippen LogP contribution in [0.1, 0.15) is 31.2 Å². The van der Waals surface area contributed by atoms with Gasteiger partial charge in [-0.2, -0.15) is 5.10 Å². The number of unbranched alkanes of at least 4 members (excludes halogenated alkanes) is 2. The third-order valence-corrected chi connectivity index (χ3v) is 2.90. The molecule has 0 fully saturated rings. The molecule has 0 aromatic carbocycles. The van der Waals surface area contributed by atoms with Crippen molar-refractivity contribution in [1.82, 2.24) is 9.78 Å². The van der Waals surface area contributed by atoms with E-state index in [0.29, 0.717) is 11.3 Å². The number of hydrogen-bond acceptors (Lipinski definition) is 3. The Morgan fingerprint density at radius 1 is 1.57 bits per heavy atom. The van der Waals surface area contributed by atoms with Crippen molar-refractivity contribution in [3.63, 3.8) is 0 Å². The highest BCUT2D eigenvalue weighted by molar-refractivity contribution is 7.08. The fourth-order valence-corrected chi connectivity index (χ4v) is 2.07. The summed E-state index contributed by atoms with van der Waals surface area (Å²) in [4.78, 5) is 0.524. The molecule has 0 aliphatic rings. The predicted molar refractivity (Wildman–Crippen MR) is 59.4 cm³/mol. The Labute approximate surface area is 88.6 Å². The summed E-state index contributed by atoms with van der Waals surface area (Å²) in [6.07, 6.45) is 6.43. The van der Waals surface area contributed by atoms with Gasteiger partial charge in [-0.05, 0) is 6.42 Å². The number of hydrogen-bond donors (Lipinski definition) is 1. The van der Waals surface area contributed by atoms with Crippen LogP contribution in [0, 0.1) is 5.41 Å². The largest absolute Gasteiger partial charge is 0.274 e. The van der Waals surface area contributed by atoms with E-state index in [1.54, 1.807) is 10.8 Å². The fraction of sp³-hybridized carbons (Fsp3) is 0.600. The molecule has 0 saturated carbocycles. The molecule has 0 spiro atoms. The summed E-state index contributed by atoms with van der Waals surface area (Å²) in [7, 11) is 0. The van der Waals surface area contributed by atoms with Crippen LogP contribution in [0.15, 0.2) is 12.7 Å². The fourth-order valence-electron chi connectivity index (χ4n) is 1.24. The van der Waals surface area contributed by atoms with Gasteiger partial charge < -0.3 is 0 Å². The van der Waals surface area contributed by atoms with Gasteiger partial charge in [0, 0.05) is 6.42 Å². The average Bonchev–Trinajstić information content (AvgIpc) is 2.49. The van der Waals surface area contributed by atoms with Crippen LogP contribution in [0.5, 0.6) is 0 Å². The molecule has 0 aliphatic carbocycles. The first-order chi connectivity index (χ1) is 6.77. The highest BCUT2D eigenvalue weighted by Gasteiger charge is 2.01. The number of nitrogens with zero attached hydrogens (tertiary/aromatic N) is 2. The van der Waals surface area contributed by atoms with E-state index < -0.39 is 0 Å². The van der Waals surface area contributed by atoms with E-state index in [0.717, 1.165) is 11.4 Å². The van der Waals surface area contributed by atoms with Crippen molar-refractivity contribution >= 4 is 11.3 Å². The number of nitrogens with one attached hydrogen (secondary N) is 1. The van der Waals surface area contributed by atoms with Crippen molar-refractivity contribution in [2.24, 2.45) is 0 Å². The molecule has 78 valence electrons. The Bertz CT molecular complexity index is 337. The van der Waals surface area contributed by atoms with Gasteiger partial charge in [-0.15, -0.1) is 6.58 Å². The minimum atomic E-state index is 0.524. The van der Waals surface area contributed by atoms with Gasteiger partial charge in [0.05, 0.1) is 6.54 Å². The Morgan fingerprint density at radius 2 is 2.36 bits per heavy atom. The molecule has 0 radical (unpaired) electrons. The highest BCUT2D eigenvalue weighted by Crippen LogP contribution is 2.05. The molecule has 14 heavy (non-hydrogen) atoms. The molecule has 0 amide bonds. The van der Waals surface area contributed by atoms with Crippen molar-refractivity contribution in [3.05, 3.63) is 22.5 Å². The summed E-state index contributed by atoms with van der Waals surface area (Å²) in [6, 6.07) is 0. The summed E-state index contributed by atoms with van der Waals surface area (Å²) in [5.74, 6) is 0. The van der Waals surface area contributed by atoms with Gasteiger partial charge in [-0.25, -0.2) is 4.68 Å². The van der Waals surface area contributed by atoms with Gasteiger partial charge >= 0.3 is 0 Å². The lowest BCUT2D eigenvalue weighted by Crippen LogP contribution is -2.13. The monoisotopic (exact) mass is 211 g/mol. The first-order valence-electron chi connectivity index (χ1n) is 5.00. The Morgan fingerprint density at radius 3 is 3.00 bits per heavy atom. The Balaban J connectivity index is 2.56. The average molecular weight is 211 g/mol. The van der Waals surface area contributed by atoms with Crippen LogP contribution in [0.2, 0.25) is 0 Å². The van der Waals surface area contributed by atoms with E-state index in [-0.39, 0.29) is 0 Å². The van der Waals surface area contributed by atoms with Crippen molar-refractivity contribution in [1.29, 1.82) is 5.41 Å². The van der Waals surface area contributed by atoms with Gasteiger partial charge in [0.1, 0.15) is 5.01 Å². The van der Waals surface area contributed by atoms with E-state index in [1.807, 2.05) is 0 Å². The third kappa shape index (κ3) is 3.10. The number of aromatic nitrogens is 2. The van der Waals surface area contributed by atoms with E-state index >= 15 is 0 Å². The van der Waals surface area contributed by atoms with Crippen LogP contribution in [0.4, 0.5) is 0 Å². The lowest BCUT2D eigenvalue weighted by molar-refractivity contribution is 0.635. The maximum atomic E-state index is 7.65. The number of aryl methyl sites for hydroxylation is 1. The van der Waals surface area contributed by atoms with Crippen LogP contribution < -0.4 is 4.80 Å². The maximum absolute atomic E-state index is 7.65. The van der Waals surface area contributed by atoms with Crippen molar-refractivity contribution < 1.29 is 0 Å². The maximum Gasteiger partial charge on any atom is 0.200 e. The highest BCUT2D eigenvalue weighted by atomic mass is 32.1. The zero-order valence-corrected chi connectivity index (χ0v) is 9.44. The van der Waals surface area contributed by atoms with Gasteiger partial charge in [0.25, 0.3) is 0 Å². The van der Waals surface area contributed by atoms with Crippen LogP contribution in [0.3, 0.4) is 0 Å². The normalized spacial score (nSPS) is 10.4. The number of rotatable bonds is 6. The molecule has 1 aromatic heterocycles. The molecule has 4 heteroatoms. The van der Waals surface area contributed by atoms with Crippen molar-refractivity contribution in [2.45, 2.75) is 39.2 Å². The second-order valence-electron chi connectivity index (χ2n) is 3.23. The van der Waals surface area contributed by atoms with Gasteiger partial charge in [0.2, 0.25) is 4.80 Å². The van der Waals surface area contributed by atoms with Gasteiger partial charge in [0.15, 0.2) is 0 Å². The summed E-state index contributed by atoms with van der Waals surface area (Å²) in [6.45, 7) is 6.47. The first kappa shape index (κ1) is 11.2. The lowest BCUT2D eigenvalue weighted by atomic mass is 10.2. The summed E-state index contributed by atoms with van der Waals surface area (Å²) < 4.78 is 1.69. The quantitative estimate of drug-likeness (QED) is 0.569. The minimum Gasteiger partial charge on any atom is -0.274 e. The molecule has 3 nitrogen and oxygen atoms in total. The molecule has 1 rings (SSSR count). The summed E-state index contributed by atoms with van der Waals surface area (Å²) in [5, 5.41) is 13.1. The molecule has 1 aromatic rings. The van der Waals surface area contributed by atoms with Gasteiger partial charge in [-0.1, -0.05) is 37.2 Å². The predicted octanol–water partition coefficient (Wildman–Crippen LogP) is 2.34. The Hall–Kier alpha value is -0.900. The zero-order chi connectivity index (χ0) is 10.4. The second-order valence-corrected chi connectivity index (χ2v) is 4.29. The standard InChI is InChI=1S/C10H17N3S/c1-3-5-6-7-9-12-13(8-4-2)10(11)14-9/h4,11H,2-3,5-8H2,1H3. The molecule has 1 N–H and O–H groups in total. The Kier molecular flexibility index (Phi) is 4.59. The van der Waals surface area contributed by atoms with E-state index in [1.165, 1.54) is 30.6 Å². The number of allylic oxidation sites excluding steroid dienone is 1. The lowest BCUT2D eigenvalue weighted by Gasteiger charge is -1.94. The minimum absolute atomic E-state index is 0.524. The zero-order valence-electron chi connectivity index (χ0n) is 8.62. The molecular formula is C10H17N3S. The van der Waals surface area contributed by atoms with E-state index in [4.69, 9.17) is 5.41 Å². The van der Waals surface area contributed by atoms with Gasteiger partial charge in [-0.3, -0.25) is 5.41 Å². The third-order valence-electron chi connectivity index (χ3n) is 1.98. The van der Waals surface area contributed by atoms with Crippen LogP contribution >= 0.6 is 11.3 Å². The molecular weight excluding hydrogens is 194 g/mol. The first-order valence-corrected chi connectivity index (χ1v) is 5.82. The topological polar surface area (TPSA) is 41.7 Å². The smallest absolute Gasteiger partial charge is 0.200 e. The molecule has 0 bridgehead atoms. The molecule has 0 aliphatic heterocycles. The SMILES string of the molecule is C=CCn1nc(CCCCC)sc1=N. The molecule has 0 saturated heterocycles. The molecule has 1 heterocycles. The van der Waals surface area contributed by atoms with Crippen LogP contribution in [-0.4, -0.2) is 9.78 Å². The van der Waals surface area contributed by atoms with Crippen molar-refractivity contribution in [2.75, 3.05) is 0 Å².